The number of imide groups is 1. The third kappa shape index (κ3) is 4.54. The molecule has 0 aromatic heterocycles. The summed E-state index contributed by atoms with van der Waals surface area (Å²) in [5.41, 5.74) is 0.803. The maximum atomic E-state index is 13.8. The summed E-state index contributed by atoms with van der Waals surface area (Å²) in [6.45, 7) is 2.99. The first-order valence-corrected chi connectivity index (χ1v) is 10.4. The van der Waals surface area contributed by atoms with E-state index in [1.54, 1.807) is 37.3 Å². The first-order chi connectivity index (χ1) is 15.3. The number of carbonyl (C=O) groups excluding carboxylic acids is 4. The van der Waals surface area contributed by atoms with Gasteiger partial charge >= 0.3 is 5.97 Å². The molecule has 2 aromatic carbocycles. The van der Waals surface area contributed by atoms with Crippen LogP contribution in [0.1, 0.15) is 46.5 Å². The third-order valence-electron chi connectivity index (χ3n) is 5.66. The van der Waals surface area contributed by atoms with Crippen molar-refractivity contribution in [2.45, 2.75) is 32.9 Å². The highest BCUT2D eigenvalue weighted by Crippen LogP contribution is 2.28. The van der Waals surface area contributed by atoms with E-state index in [4.69, 9.17) is 4.74 Å². The first-order valence-electron chi connectivity index (χ1n) is 10.4. The molecule has 32 heavy (non-hydrogen) atoms. The Morgan fingerprint density at radius 2 is 1.59 bits per heavy atom. The second-order valence-electron chi connectivity index (χ2n) is 7.81. The molecule has 0 N–H and O–H groups in total. The second-order valence-corrected chi connectivity index (χ2v) is 7.81. The van der Waals surface area contributed by atoms with Crippen molar-refractivity contribution >= 4 is 23.7 Å². The van der Waals surface area contributed by atoms with Gasteiger partial charge in [-0.1, -0.05) is 50.6 Å². The van der Waals surface area contributed by atoms with E-state index in [1.165, 1.54) is 30.1 Å². The smallest absolute Gasteiger partial charge is 0.330 e. The maximum absolute atomic E-state index is 13.8. The van der Waals surface area contributed by atoms with Crippen molar-refractivity contribution in [1.82, 2.24) is 9.80 Å². The van der Waals surface area contributed by atoms with E-state index in [0.717, 1.165) is 4.90 Å². The van der Waals surface area contributed by atoms with Gasteiger partial charge in [-0.15, -0.1) is 0 Å². The molecule has 0 saturated carbocycles. The molecular weight excluding hydrogens is 415 g/mol. The lowest BCUT2D eigenvalue weighted by Gasteiger charge is -2.29. The number of carbonyl (C=O) groups is 4. The lowest BCUT2D eigenvalue weighted by atomic mass is 9.97. The zero-order valence-electron chi connectivity index (χ0n) is 18.2. The van der Waals surface area contributed by atoms with Crippen molar-refractivity contribution in [3.8, 4) is 0 Å². The summed E-state index contributed by atoms with van der Waals surface area (Å²) in [6, 6.07) is 11.3. The minimum absolute atomic E-state index is 0.0102. The molecule has 0 radical (unpaired) electrons. The Hall–Kier alpha value is -3.55. The Balaban J connectivity index is 1.70. The molecule has 1 heterocycles. The first kappa shape index (κ1) is 23.1. The maximum Gasteiger partial charge on any atom is 0.330 e. The highest BCUT2D eigenvalue weighted by molar-refractivity contribution is 6.22. The summed E-state index contributed by atoms with van der Waals surface area (Å²) < 4.78 is 19.0. The van der Waals surface area contributed by atoms with Crippen molar-refractivity contribution in [3.05, 3.63) is 71.0 Å². The van der Waals surface area contributed by atoms with Gasteiger partial charge in [-0.05, 0) is 24.1 Å². The Morgan fingerprint density at radius 3 is 2.16 bits per heavy atom. The second kappa shape index (κ2) is 9.72. The Bertz CT molecular complexity index is 1020. The number of ether oxygens (including phenoxy) is 1. The van der Waals surface area contributed by atoms with Gasteiger partial charge in [0.2, 0.25) is 0 Å². The molecule has 0 aliphatic carbocycles. The van der Waals surface area contributed by atoms with E-state index in [2.05, 4.69) is 0 Å². The molecule has 3 rings (SSSR count). The summed E-state index contributed by atoms with van der Waals surface area (Å²) in [4.78, 5) is 53.2. The van der Waals surface area contributed by atoms with Crippen molar-refractivity contribution in [3.63, 3.8) is 0 Å². The van der Waals surface area contributed by atoms with Gasteiger partial charge in [-0.3, -0.25) is 19.3 Å². The number of halogens is 1. The predicted molar refractivity (Wildman–Crippen MR) is 114 cm³/mol. The lowest BCUT2D eigenvalue weighted by Crippen LogP contribution is -2.49. The van der Waals surface area contributed by atoms with Gasteiger partial charge in [0, 0.05) is 19.2 Å². The van der Waals surface area contributed by atoms with E-state index in [1.807, 2.05) is 6.92 Å². The van der Waals surface area contributed by atoms with Gasteiger partial charge in [0.1, 0.15) is 11.9 Å². The number of hydrogen-bond acceptors (Lipinski definition) is 5. The number of rotatable bonds is 8. The summed E-state index contributed by atoms with van der Waals surface area (Å²) in [6.07, 6.45) is 0.508. The molecule has 0 unspecified atom stereocenters. The highest BCUT2D eigenvalue weighted by Gasteiger charge is 2.45. The number of nitrogens with zero attached hydrogens (tertiary/aromatic N) is 2. The van der Waals surface area contributed by atoms with Crippen LogP contribution >= 0.6 is 0 Å². The normalized spacial score (nSPS) is 14.7. The number of hydrogen-bond donors (Lipinski definition) is 0. The number of amides is 3. The third-order valence-corrected chi connectivity index (χ3v) is 5.66. The van der Waals surface area contributed by atoms with Gasteiger partial charge in [0.05, 0.1) is 11.1 Å². The number of likely N-dealkylation sites (N-methyl/N-ethyl adjacent to an activating group) is 1. The number of esters is 1. The fourth-order valence-corrected chi connectivity index (χ4v) is 3.57. The van der Waals surface area contributed by atoms with Crippen LogP contribution in [-0.2, 0) is 20.9 Å². The Morgan fingerprint density at radius 1 is 1.03 bits per heavy atom. The summed E-state index contributed by atoms with van der Waals surface area (Å²) >= 11 is 0. The molecule has 3 amide bonds. The largest absolute Gasteiger partial charge is 0.454 e. The molecular formula is C24H25FN2O5. The molecule has 0 fully saturated rings. The zero-order valence-corrected chi connectivity index (χ0v) is 18.2. The topological polar surface area (TPSA) is 84.0 Å². The SMILES string of the molecule is CC[C@H](C)[C@@H](C(=O)OCC(=O)N(C)Cc1ccccc1F)N1C(=O)c2ccccc2C1=O. The predicted octanol–water partition coefficient (Wildman–Crippen LogP) is 3.04. The van der Waals surface area contributed by atoms with E-state index < -0.39 is 42.2 Å². The van der Waals surface area contributed by atoms with Crippen LogP contribution < -0.4 is 0 Å². The van der Waals surface area contributed by atoms with Crippen molar-refractivity contribution < 1.29 is 28.3 Å². The number of fused-ring (bicyclic) bond motifs is 1. The van der Waals surface area contributed by atoms with E-state index in [0.29, 0.717) is 12.0 Å². The van der Waals surface area contributed by atoms with Gasteiger partial charge < -0.3 is 9.64 Å². The average Bonchev–Trinajstić information content (AvgIpc) is 3.04. The highest BCUT2D eigenvalue weighted by atomic mass is 19.1. The molecule has 1 aliphatic rings. The van der Waals surface area contributed by atoms with Crippen LogP contribution in [0.4, 0.5) is 4.39 Å². The molecule has 0 saturated heterocycles. The van der Waals surface area contributed by atoms with Crippen LogP contribution in [0, 0.1) is 11.7 Å². The molecule has 2 atom stereocenters. The Labute approximate surface area is 185 Å². The standard InChI is InChI=1S/C24H25FN2O5/c1-4-15(2)21(27-22(29)17-10-6-7-11-18(17)23(27)30)24(31)32-14-20(28)26(3)13-16-9-5-8-12-19(16)25/h5-12,15,21H,4,13-14H2,1-3H3/t15-,21-/m0/s1. The van der Waals surface area contributed by atoms with Crippen LogP contribution in [0.2, 0.25) is 0 Å². The van der Waals surface area contributed by atoms with E-state index in [-0.39, 0.29) is 23.6 Å². The van der Waals surface area contributed by atoms with Gasteiger partial charge in [0.15, 0.2) is 6.61 Å². The summed E-state index contributed by atoms with van der Waals surface area (Å²) in [5, 5.41) is 0. The zero-order chi connectivity index (χ0) is 23.4. The lowest BCUT2D eigenvalue weighted by molar-refractivity contribution is -0.156. The molecule has 168 valence electrons. The molecule has 0 spiro atoms. The van der Waals surface area contributed by atoms with Crippen LogP contribution in [-0.4, -0.2) is 53.2 Å². The minimum atomic E-state index is -1.16. The summed E-state index contributed by atoms with van der Waals surface area (Å²) in [5.74, 6) is -3.30. The van der Waals surface area contributed by atoms with Crippen LogP contribution in [0.25, 0.3) is 0 Å². The minimum Gasteiger partial charge on any atom is -0.454 e. The van der Waals surface area contributed by atoms with Gasteiger partial charge in [-0.25, -0.2) is 9.18 Å². The molecule has 8 heteroatoms. The summed E-state index contributed by atoms with van der Waals surface area (Å²) in [7, 11) is 1.47. The van der Waals surface area contributed by atoms with Crippen molar-refractivity contribution in [2.75, 3.05) is 13.7 Å². The van der Waals surface area contributed by atoms with E-state index >= 15 is 0 Å². The van der Waals surface area contributed by atoms with Crippen LogP contribution in [0.15, 0.2) is 48.5 Å². The van der Waals surface area contributed by atoms with Crippen molar-refractivity contribution in [1.29, 1.82) is 0 Å². The van der Waals surface area contributed by atoms with Crippen LogP contribution in [0.3, 0.4) is 0 Å². The van der Waals surface area contributed by atoms with Gasteiger partial charge in [-0.2, -0.15) is 0 Å². The number of benzene rings is 2. The fraction of sp³-hybridized carbons (Fsp3) is 0.333. The molecule has 2 aromatic rings. The van der Waals surface area contributed by atoms with Gasteiger partial charge in [0.25, 0.3) is 17.7 Å². The van der Waals surface area contributed by atoms with E-state index in [9.17, 15) is 23.6 Å². The molecule has 1 aliphatic heterocycles. The molecule has 0 bridgehead atoms. The fourth-order valence-electron chi connectivity index (χ4n) is 3.57. The van der Waals surface area contributed by atoms with Crippen LogP contribution in [0.5, 0.6) is 0 Å². The monoisotopic (exact) mass is 440 g/mol. The van der Waals surface area contributed by atoms with Crippen molar-refractivity contribution in [2.24, 2.45) is 5.92 Å². The quantitative estimate of drug-likeness (QED) is 0.465. The Kier molecular flexibility index (Phi) is 7.02. The average molecular weight is 440 g/mol. The molecule has 7 nitrogen and oxygen atoms in total.